The van der Waals surface area contributed by atoms with Crippen LogP contribution in [0.4, 0.5) is 0 Å². The maximum Gasteiger partial charge on any atom is 0.0677 e. The van der Waals surface area contributed by atoms with E-state index in [1.54, 1.807) is 0 Å². The van der Waals surface area contributed by atoms with Crippen molar-refractivity contribution in [2.75, 3.05) is 0 Å². The molecule has 0 saturated carbocycles. The zero-order valence-corrected chi connectivity index (χ0v) is 14.1. The summed E-state index contributed by atoms with van der Waals surface area (Å²) >= 11 is 9.72. The number of aryl methyl sites for hydroxylation is 1. The number of halogens is 2. The molecule has 0 aliphatic heterocycles. The van der Waals surface area contributed by atoms with Gasteiger partial charge in [-0.3, -0.25) is 4.68 Å². The highest BCUT2D eigenvalue weighted by atomic mass is 79.9. The topological polar surface area (TPSA) is 43.8 Å². The fraction of sp³-hybridized carbons (Fsp3) is 0.400. The predicted octanol–water partition coefficient (Wildman–Crippen LogP) is 3.93. The van der Waals surface area contributed by atoms with Gasteiger partial charge in [-0.15, -0.1) is 0 Å². The van der Waals surface area contributed by atoms with Gasteiger partial charge < -0.3 is 5.73 Å². The van der Waals surface area contributed by atoms with Crippen LogP contribution in [0.25, 0.3) is 0 Å². The van der Waals surface area contributed by atoms with Crippen molar-refractivity contribution in [3.63, 3.8) is 0 Å². The number of nitrogens with zero attached hydrogens (tertiary/aromatic N) is 2. The molecular formula is C15H19BrClN3. The normalized spacial score (nSPS) is 11.1. The Hall–Kier alpha value is -0.840. The number of hydrogen-bond donors (Lipinski definition) is 1. The summed E-state index contributed by atoms with van der Waals surface area (Å²) in [4.78, 5) is 0. The van der Waals surface area contributed by atoms with Crippen LogP contribution in [-0.4, -0.2) is 9.78 Å². The van der Waals surface area contributed by atoms with Crippen molar-refractivity contribution in [2.45, 2.75) is 39.8 Å². The van der Waals surface area contributed by atoms with E-state index in [-0.39, 0.29) is 0 Å². The molecule has 0 unspecified atom stereocenters. The Morgan fingerprint density at radius 1 is 1.30 bits per heavy atom. The van der Waals surface area contributed by atoms with Crippen LogP contribution in [0.2, 0.25) is 5.02 Å². The average Bonchev–Trinajstić information content (AvgIpc) is 2.78. The first-order valence-corrected chi connectivity index (χ1v) is 7.99. The number of rotatable bonds is 5. The second-order valence-corrected chi connectivity index (χ2v) is 6.00. The highest BCUT2D eigenvalue weighted by Crippen LogP contribution is 2.24. The summed E-state index contributed by atoms with van der Waals surface area (Å²) in [5, 5.41) is 5.45. The molecule has 1 heterocycles. The van der Waals surface area contributed by atoms with Gasteiger partial charge >= 0.3 is 0 Å². The van der Waals surface area contributed by atoms with Gasteiger partial charge in [-0.05, 0) is 30.5 Å². The first-order chi connectivity index (χ1) is 9.60. The Balaban J connectivity index is 2.40. The number of aromatic nitrogens is 2. The second-order valence-electron chi connectivity index (χ2n) is 4.68. The minimum Gasteiger partial charge on any atom is -0.326 e. The van der Waals surface area contributed by atoms with E-state index in [1.165, 1.54) is 11.3 Å². The van der Waals surface area contributed by atoms with E-state index in [0.717, 1.165) is 33.6 Å². The van der Waals surface area contributed by atoms with Gasteiger partial charge in [0.1, 0.15) is 0 Å². The molecule has 0 fully saturated rings. The van der Waals surface area contributed by atoms with Crippen LogP contribution in [0.5, 0.6) is 0 Å². The van der Waals surface area contributed by atoms with Crippen molar-refractivity contribution < 1.29 is 0 Å². The quantitative estimate of drug-likeness (QED) is 0.882. The molecule has 1 aromatic carbocycles. The summed E-state index contributed by atoms with van der Waals surface area (Å²) < 4.78 is 3.02. The molecule has 20 heavy (non-hydrogen) atoms. The minimum absolute atomic E-state index is 0.542. The van der Waals surface area contributed by atoms with Gasteiger partial charge in [-0.1, -0.05) is 47.4 Å². The third-order valence-corrected chi connectivity index (χ3v) is 4.30. The van der Waals surface area contributed by atoms with Gasteiger partial charge in [-0.25, -0.2) is 0 Å². The van der Waals surface area contributed by atoms with Crippen LogP contribution in [0.3, 0.4) is 0 Å². The number of benzene rings is 1. The summed E-state index contributed by atoms with van der Waals surface area (Å²) in [5.41, 5.74) is 10.4. The van der Waals surface area contributed by atoms with Crippen molar-refractivity contribution in [1.29, 1.82) is 0 Å². The van der Waals surface area contributed by atoms with Gasteiger partial charge in [-0.2, -0.15) is 5.10 Å². The SMILES string of the molecule is CCc1nn(Cc2ccc(Br)cc2Cl)c(CC)c1CN. The maximum atomic E-state index is 6.29. The molecule has 0 aliphatic carbocycles. The lowest BCUT2D eigenvalue weighted by atomic mass is 10.1. The van der Waals surface area contributed by atoms with Crippen LogP contribution in [0.15, 0.2) is 22.7 Å². The number of hydrogen-bond acceptors (Lipinski definition) is 2. The Bertz CT molecular complexity index is 607. The number of nitrogens with two attached hydrogens (primary N) is 1. The fourth-order valence-corrected chi connectivity index (χ4v) is 3.18. The minimum atomic E-state index is 0.542. The molecule has 0 amide bonds. The summed E-state index contributed by atoms with van der Waals surface area (Å²) in [6, 6.07) is 5.94. The molecule has 0 atom stereocenters. The third-order valence-electron chi connectivity index (χ3n) is 3.46. The molecule has 0 radical (unpaired) electrons. The van der Waals surface area contributed by atoms with E-state index in [4.69, 9.17) is 22.4 Å². The van der Waals surface area contributed by atoms with Crippen LogP contribution >= 0.6 is 27.5 Å². The van der Waals surface area contributed by atoms with Gasteiger partial charge in [0.15, 0.2) is 0 Å². The molecule has 2 aromatic rings. The second kappa shape index (κ2) is 6.74. The summed E-state index contributed by atoms with van der Waals surface area (Å²) in [6.45, 7) is 5.47. The smallest absolute Gasteiger partial charge is 0.0677 e. The average molecular weight is 357 g/mol. The van der Waals surface area contributed by atoms with Crippen molar-refractivity contribution in [3.8, 4) is 0 Å². The van der Waals surface area contributed by atoms with Crippen LogP contribution < -0.4 is 5.73 Å². The monoisotopic (exact) mass is 355 g/mol. The van der Waals surface area contributed by atoms with Crippen LogP contribution in [-0.2, 0) is 25.9 Å². The van der Waals surface area contributed by atoms with Crippen molar-refractivity contribution in [3.05, 3.63) is 50.2 Å². The van der Waals surface area contributed by atoms with E-state index < -0.39 is 0 Å². The molecule has 0 aliphatic rings. The lowest BCUT2D eigenvalue weighted by Gasteiger charge is -2.09. The molecule has 2 rings (SSSR count). The molecule has 0 saturated heterocycles. The van der Waals surface area contributed by atoms with E-state index in [1.807, 2.05) is 22.9 Å². The van der Waals surface area contributed by atoms with Crippen molar-refractivity contribution in [2.24, 2.45) is 5.73 Å². The van der Waals surface area contributed by atoms with Crippen LogP contribution in [0, 0.1) is 0 Å². The molecule has 108 valence electrons. The molecule has 1 aromatic heterocycles. The zero-order valence-electron chi connectivity index (χ0n) is 11.8. The van der Waals surface area contributed by atoms with E-state index in [2.05, 4.69) is 29.8 Å². The standard InChI is InChI=1S/C15H19BrClN3/c1-3-14-12(8-18)15(4-2)20(19-14)9-10-5-6-11(16)7-13(10)17/h5-7H,3-4,8-9,18H2,1-2H3. The van der Waals surface area contributed by atoms with Gasteiger partial charge in [0.2, 0.25) is 0 Å². The summed E-state index contributed by atoms with van der Waals surface area (Å²) in [7, 11) is 0. The van der Waals surface area contributed by atoms with Gasteiger partial charge in [0.25, 0.3) is 0 Å². The molecule has 0 bridgehead atoms. The maximum absolute atomic E-state index is 6.29. The first kappa shape index (κ1) is 15.5. The largest absolute Gasteiger partial charge is 0.326 e. The predicted molar refractivity (Wildman–Crippen MR) is 87.1 cm³/mol. The van der Waals surface area contributed by atoms with E-state index in [9.17, 15) is 0 Å². The van der Waals surface area contributed by atoms with Gasteiger partial charge in [0, 0.05) is 27.3 Å². The van der Waals surface area contributed by atoms with Crippen molar-refractivity contribution in [1.82, 2.24) is 9.78 Å². The van der Waals surface area contributed by atoms with Crippen LogP contribution in [0.1, 0.15) is 36.4 Å². The highest BCUT2D eigenvalue weighted by Gasteiger charge is 2.15. The first-order valence-electron chi connectivity index (χ1n) is 6.82. The third kappa shape index (κ3) is 3.08. The lowest BCUT2D eigenvalue weighted by molar-refractivity contribution is 0.639. The van der Waals surface area contributed by atoms with Crippen molar-refractivity contribution >= 4 is 27.5 Å². The van der Waals surface area contributed by atoms with E-state index in [0.29, 0.717) is 13.1 Å². The Morgan fingerprint density at radius 3 is 2.60 bits per heavy atom. The molecule has 5 heteroatoms. The Morgan fingerprint density at radius 2 is 2.05 bits per heavy atom. The summed E-state index contributed by atoms with van der Waals surface area (Å²) in [6.07, 6.45) is 1.83. The highest BCUT2D eigenvalue weighted by molar-refractivity contribution is 9.10. The van der Waals surface area contributed by atoms with Gasteiger partial charge in [0.05, 0.1) is 12.2 Å². The fourth-order valence-electron chi connectivity index (χ4n) is 2.45. The molecule has 2 N–H and O–H groups in total. The van der Waals surface area contributed by atoms with E-state index >= 15 is 0 Å². The summed E-state index contributed by atoms with van der Waals surface area (Å²) in [5.74, 6) is 0. The molecular weight excluding hydrogens is 338 g/mol. The Kier molecular flexibility index (Phi) is 5.24. The molecule has 0 spiro atoms. The zero-order chi connectivity index (χ0) is 14.7. The Labute approximate surface area is 133 Å². The molecule has 3 nitrogen and oxygen atoms in total. The lowest BCUT2D eigenvalue weighted by Crippen LogP contribution is -2.08.